The number of carboxylic acid groups (broad SMARTS) is 1. The Hall–Kier alpha value is -2.23. The van der Waals surface area contributed by atoms with Gasteiger partial charge < -0.3 is 14.7 Å². The first-order chi connectivity index (χ1) is 12.8. The topological polar surface area (TPSA) is 113 Å². The van der Waals surface area contributed by atoms with E-state index in [1.54, 1.807) is 0 Å². The van der Waals surface area contributed by atoms with Crippen molar-refractivity contribution in [1.82, 2.24) is 9.62 Å². The smallest absolute Gasteiger partial charge is 0.313 e. The van der Waals surface area contributed by atoms with Gasteiger partial charge in [-0.1, -0.05) is 6.08 Å². The number of nitrogens with zero attached hydrogens (tertiary/aromatic N) is 1. The fourth-order valence-corrected chi connectivity index (χ4v) is 4.15. The molecule has 2 N–H and O–H groups in total. The zero-order chi connectivity index (χ0) is 20.1. The molecular formula is C18H24N2O6S. The number of ether oxygens (including phenoxy) is 1. The lowest BCUT2D eigenvalue weighted by Crippen LogP contribution is -2.52. The van der Waals surface area contributed by atoms with Gasteiger partial charge in [0.1, 0.15) is 5.41 Å². The number of aliphatic carboxylic acids is 1. The van der Waals surface area contributed by atoms with Gasteiger partial charge in [-0.3, -0.25) is 9.59 Å². The van der Waals surface area contributed by atoms with Crippen LogP contribution in [0.3, 0.4) is 0 Å². The number of carbonyl (C=O) groups excluding carboxylic acids is 1. The van der Waals surface area contributed by atoms with Crippen LogP contribution in [0.2, 0.25) is 0 Å². The summed E-state index contributed by atoms with van der Waals surface area (Å²) in [4.78, 5) is 26.0. The van der Waals surface area contributed by atoms with Crippen molar-refractivity contribution < 1.29 is 27.9 Å². The number of carboxylic acids is 1. The first kappa shape index (κ1) is 21.1. The van der Waals surface area contributed by atoms with Crippen molar-refractivity contribution >= 4 is 21.9 Å². The Morgan fingerprint density at radius 1 is 1.37 bits per heavy atom. The predicted molar refractivity (Wildman–Crippen MR) is 98.9 cm³/mol. The number of carbonyl (C=O) groups is 2. The number of benzene rings is 1. The second-order valence-electron chi connectivity index (χ2n) is 6.51. The number of amides is 1. The largest absolute Gasteiger partial charge is 0.481 e. The van der Waals surface area contributed by atoms with Gasteiger partial charge in [0.2, 0.25) is 10.0 Å². The van der Waals surface area contributed by atoms with Gasteiger partial charge in [-0.15, -0.1) is 6.58 Å². The minimum atomic E-state index is -3.67. The number of methoxy groups -OCH3 is 1. The lowest BCUT2D eigenvalue weighted by atomic mass is 9.80. The summed E-state index contributed by atoms with van der Waals surface area (Å²) in [5.74, 6) is -1.32. The van der Waals surface area contributed by atoms with Gasteiger partial charge in [-0.2, -0.15) is 0 Å². The molecule has 0 bridgehead atoms. The molecule has 1 heterocycles. The number of rotatable bonds is 8. The van der Waals surface area contributed by atoms with Gasteiger partial charge in [0.25, 0.3) is 5.91 Å². The molecule has 0 saturated carbocycles. The van der Waals surface area contributed by atoms with E-state index < -0.39 is 21.4 Å². The Labute approximate surface area is 158 Å². The molecule has 2 rings (SSSR count). The third kappa shape index (κ3) is 4.74. The van der Waals surface area contributed by atoms with E-state index in [0.717, 1.165) is 0 Å². The molecular weight excluding hydrogens is 372 g/mol. The minimum Gasteiger partial charge on any atom is -0.481 e. The van der Waals surface area contributed by atoms with E-state index in [-0.39, 0.29) is 30.5 Å². The number of sulfonamides is 1. The van der Waals surface area contributed by atoms with Crippen LogP contribution in [0.1, 0.15) is 23.2 Å². The highest BCUT2D eigenvalue weighted by molar-refractivity contribution is 7.89. The van der Waals surface area contributed by atoms with Crippen LogP contribution in [0.4, 0.5) is 0 Å². The molecule has 8 nitrogen and oxygen atoms in total. The molecule has 1 aromatic rings. The summed E-state index contributed by atoms with van der Waals surface area (Å²) in [5.41, 5.74) is -0.822. The van der Waals surface area contributed by atoms with Crippen LogP contribution < -0.4 is 4.72 Å². The molecule has 1 fully saturated rings. The highest BCUT2D eigenvalue weighted by Gasteiger charge is 2.44. The van der Waals surface area contributed by atoms with Crippen LogP contribution in [0.15, 0.2) is 41.8 Å². The SMILES string of the molecule is C=CCNS(=O)(=O)c1ccc(C(=O)N2CCCC(COC)(C(=O)O)C2)cc1. The zero-order valence-corrected chi connectivity index (χ0v) is 16.0. The van der Waals surface area contributed by atoms with E-state index in [0.29, 0.717) is 24.9 Å². The molecule has 1 saturated heterocycles. The van der Waals surface area contributed by atoms with E-state index in [1.165, 1.54) is 42.4 Å². The standard InChI is InChI=1S/C18H24N2O6S/c1-3-10-19-27(24,25)15-7-5-14(6-8-15)16(21)20-11-4-9-18(12-20,13-26-2)17(22)23/h3,5-8,19H,1,4,9-13H2,2H3,(H,22,23). The average Bonchev–Trinajstić information content (AvgIpc) is 2.66. The van der Waals surface area contributed by atoms with Gasteiger partial charge in [0, 0.05) is 32.3 Å². The van der Waals surface area contributed by atoms with Gasteiger partial charge in [0.05, 0.1) is 11.5 Å². The van der Waals surface area contributed by atoms with Crippen LogP contribution >= 0.6 is 0 Å². The number of hydrogen-bond acceptors (Lipinski definition) is 5. The fourth-order valence-electron chi connectivity index (χ4n) is 3.15. The maximum Gasteiger partial charge on any atom is 0.313 e. The van der Waals surface area contributed by atoms with Crippen molar-refractivity contribution in [2.75, 3.05) is 33.4 Å². The molecule has 1 aromatic carbocycles. The molecule has 0 spiro atoms. The highest BCUT2D eigenvalue weighted by atomic mass is 32.2. The second kappa shape index (κ2) is 8.64. The molecule has 0 aliphatic carbocycles. The minimum absolute atomic E-state index is 0.0261. The van der Waals surface area contributed by atoms with Crippen LogP contribution in [0.25, 0.3) is 0 Å². The Morgan fingerprint density at radius 2 is 2.04 bits per heavy atom. The van der Waals surface area contributed by atoms with Crippen molar-refractivity contribution in [2.45, 2.75) is 17.7 Å². The number of nitrogens with one attached hydrogen (secondary N) is 1. The summed E-state index contributed by atoms with van der Waals surface area (Å²) in [6, 6.07) is 5.56. The summed E-state index contributed by atoms with van der Waals surface area (Å²) >= 11 is 0. The van der Waals surface area contributed by atoms with Gasteiger partial charge in [-0.05, 0) is 37.1 Å². The van der Waals surface area contributed by atoms with Crippen LogP contribution in [-0.4, -0.2) is 63.7 Å². The third-order valence-electron chi connectivity index (χ3n) is 4.57. The molecule has 0 aromatic heterocycles. The molecule has 148 valence electrons. The van der Waals surface area contributed by atoms with E-state index in [2.05, 4.69) is 11.3 Å². The number of likely N-dealkylation sites (tertiary alicyclic amines) is 1. The summed E-state index contributed by atoms with van der Waals surface area (Å²) in [6.07, 6.45) is 2.42. The molecule has 1 unspecified atom stereocenters. The molecule has 0 radical (unpaired) electrons. The second-order valence-corrected chi connectivity index (χ2v) is 8.28. The van der Waals surface area contributed by atoms with Crippen LogP contribution in [0.5, 0.6) is 0 Å². The van der Waals surface area contributed by atoms with Gasteiger partial charge in [-0.25, -0.2) is 13.1 Å². The fraction of sp³-hybridized carbons (Fsp3) is 0.444. The highest BCUT2D eigenvalue weighted by Crippen LogP contribution is 2.31. The first-order valence-corrected chi connectivity index (χ1v) is 9.96. The van der Waals surface area contributed by atoms with E-state index in [9.17, 15) is 23.1 Å². The Bertz CT molecular complexity index is 802. The van der Waals surface area contributed by atoms with Crippen molar-refractivity contribution in [3.05, 3.63) is 42.5 Å². The maximum absolute atomic E-state index is 12.8. The predicted octanol–water partition coefficient (Wildman–Crippen LogP) is 1.10. The summed E-state index contributed by atoms with van der Waals surface area (Å²) in [7, 11) is -2.23. The average molecular weight is 396 g/mol. The van der Waals surface area contributed by atoms with E-state index >= 15 is 0 Å². The van der Waals surface area contributed by atoms with Crippen LogP contribution in [-0.2, 0) is 19.6 Å². The van der Waals surface area contributed by atoms with Crippen molar-refractivity contribution in [3.8, 4) is 0 Å². The Balaban J connectivity index is 2.17. The summed E-state index contributed by atoms with van der Waals surface area (Å²) in [6.45, 7) is 4.08. The first-order valence-electron chi connectivity index (χ1n) is 8.48. The Kier molecular flexibility index (Phi) is 6.74. The van der Waals surface area contributed by atoms with Crippen molar-refractivity contribution in [1.29, 1.82) is 0 Å². The van der Waals surface area contributed by atoms with E-state index in [1.807, 2.05) is 0 Å². The maximum atomic E-state index is 12.8. The quantitative estimate of drug-likeness (QED) is 0.637. The lowest BCUT2D eigenvalue weighted by Gasteiger charge is -2.39. The molecule has 1 aliphatic heterocycles. The molecule has 9 heteroatoms. The van der Waals surface area contributed by atoms with E-state index in [4.69, 9.17) is 4.74 Å². The summed E-state index contributed by atoms with van der Waals surface area (Å²) in [5, 5.41) is 9.59. The monoisotopic (exact) mass is 396 g/mol. The van der Waals surface area contributed by atoms with Gasteiger partial charge >= 0.3 is 5.97 Å². The molecule has 27 heavy (non-hydrogen) atoms. The third-order valence-corrected chi connectivity index (χ3v) is 6.01. The van der Waals surface area contributed by atoms with Crippen molar-refractivity contribution in [2.24, 2.45) is 5.41 Å². The summed E-state index contributed by atoms with van der Waals surface area (Å²) < 4.78 is 31.6. The molecule has 1 amide bonds. The van der Waals surface area contributed by atoms with Crippen LogP contribution in [0, 0.1) is 5.41 Å². The van der Waals surface area contributed by atoms with Gasteiger partial charge in [0.15, 0.2) is 0 Å². The molecule has 1 atom stereocenters. The Morgan fingerprint density at radius 3 is 2.59 bits per heavy atom. The van der Waals surface area contributed by atoms with Crippen molar-refractivity contribution in [3.63, 3.8) is 0 Å². The number of hydrogen-bond donors (Lipinski definition) is 2. The lowest BCUT2D eigenvalue weighted by molar-refractivity contribution is -0.155. The molecule has 1 aliphatic rings. The number of piperidine rings is 1. The normalized spacial score (nSPS) is 20.3. The zero-order valence-electron chi connectivity index (χ0n) is 15.2.